The summed E-state index contributed by atoms with van der Waals surface area (Å²) in [5.74, 6) is -0.180. The van der Waals surface area contributed by atoms with Crippen molar-refractivity contribution in [2.24, 2.45) is 5.73 Å². The first-order valence-corrected chi connectivity index (χ1v) is 10.6. The van der Waals surface area contributed by atoms with E-state index in [1.54, 1.807) is 0 Å². The number of nitrogens with one attached hydrogen (secondary N) is 1. The van der Waals surface area contributed by atoms with Crippen molar-refractivity contribution in [2.45, 2.75) is 25.4 Å². The lowest BCUT2D eigenvalue weighted by atomic mass is 9.94. The lowest BCUT2D eigenvalue weighted by Gasteiger charge is -2.25. The van der Waals surface area contributed by atoms with Crippen LogP contribution < -0.4 is 11.1 Å². The van der Waals surface area contributed by atoms with Crippen LogP contribution in [0.25, 0.3) is 11.3 Å². The number of aromatic nitrogens is 1. The van der Waals surface area contributed by atoms with Gasteiger partial charge in [-0.25, -0.2) is 4.98 Å². The zero-order chi connectivity index (χ0) is 20.9. The quantitative estimate of drug-likeness (QED) is 0.637. The number of nitrogens with zero attached hydrogens (tertiary/aromatic N) is 1. The van der Waals surface area contributed by atoms with Crippen LogP contribution in [0.1, 0.15) is 23.3 Å². The van der Waals surface area contributed by atoms with Crippen LogP contribution >= 0.6 is 11.3 Å². The fraction of sp³-hybridized carbons (Fsp3) is 0.217. The van der Waals surface area contributed by atoms with Gasteiger partial charge in [0.25, 0.3) is 0 Å². The van der Waals surface area contributed by atoms with Crippen LogP contribution in [0, 0.1) is 5.92 Å². The predicted molar refractivity (Wildman–Crippen MR) is 117 cm³/mol. The van der Waals surface area contributed by atoms with Gasteiger partial charge in [-0.3, -0.25) is 9.59 Å². The Hall–Kier alpha value is -3.03. The Labute approximate surface area is 179 Å². The van der Waals surface area contributed by atoms with Crippen molar-refractivity contribution >= 4 is 28.3 Å². The molecule has 1 atom stereocenters. The van der Waals surface area contributed by atoms with Gasteiger partial charge in [-0.1, -0.05) is 60.7 Å². The maximum atomic E-state index is 12.8. The molecule has 30 heavy (non-hydrogen) atoms. The van der Waals surface area contributed by atoms with E-state index in [1.165, 1.54) is 16.9 Å². The summed E-state index contributed by atoms with van der Waals surface area (Å²) < 4.78 is 5.33. The van der Waals surface area contributed by atoms with Gasteiger partial charge in [0, 0.05) is 23.5 Å². The SMILES string of the molecule is NC(=O)C1C[C](C(=O)Nc2nc(-c3ccccc3)c(Cc3ccccc3)s2)CCO1. The lowest BCUT2D eigenvalue weighted by Crippen LogP contribution is -2.39. The van der Waals surface area contributed by atoms with E-state index >= 15 is 0 Å². The number of ether oxygens (including phenoxy) is 1. The smallest absolute Gasteiger partial charge is 0.246 e. The van der Waals surface area contributed by atoms with Gasteiger partial charge in [0.15, 0.2) is 5.13 Å². The minimum absolute atomic E-state index is 0.217. The fourth-order valence-corrected chi connectivity index (χ4v) is 4.42. The molecule has 7 heteroatoms. The van der Waals surface area contributed by atoms with Crippen LogP contribution in [-0.2, 0) is 20.7 Å². The molecule has 4 rings (SSSR count). The summed E-state index contributed by atoms with van der Waals surface area (Å²) in [6, 6.07) is 20.1. The molecule has 3 N–H and O–H groups in total. The molecule has 1 unspecified atom stereocenters. The summed E-state index contributed by atoms with van der Waals surface area (Å²) in [5.41, 5.74) is 8.38. The van der Waals surface area contributed by atoms with E-state index < -0.39 is 12.0 Å². The monoisotopic (exact) mass is 420 g/mol. The van der Waals surface area contributed by atoms with Gasteiger partial charge in [-0.05, 0) is 18.4 Å². The number of rotatable bonds is 6. The van der Waals surface area contributed by atoms with Crippen molar-refractivity contribution in [1.82, 2.24) is 4.98 Å². The summed E-state index contributed by atoms with van der Waals surface area (Å²) in [4.78, 5) is 30.0. The zero-order valence-electron chi connectivity index (χ0n) is 16.3. The average Bonchev–Trinajstić information content (AvgIpc) is 3.17. The number of hydrogen-bond donors (Lipinski definition) is 2. The predicted octanol–water partition coefficient (Wildman–Crippen LogP) is 3.58. The van der Waals surface area contributed by atoms with Crippen molar-refractivity contribution in [3.63, 3.8) is 0 Å². The van der Waals surface area contributed by atoms with Crippen LogP contribution in [0.5, 0.6) is 0 Å². The van der Waals surface area contributed by atoms with Gasteiger partial charge >= 0.3 is 0 Å². The van der Waals surface area contributed by atoms with Crippen molar-refractivity contribution < 1.29 is 14.3 Å². The molecule has 6 nitrogen and oxygen atoms in total. The third-order valence-electron chi connectivity index (χ3n) is 4.97. The molecule has 1 aliphatic rings. The maximum Gasteiger partial charge on any atom is 0.246 e. The number of carbonyl (C=O) groups is 2. The van der Waals surface area contributed by atoms with Gasteiger partial charge in [0.05, 0.1) is 11.6 Å². The Morgan fingerprint density at radius 3 is 2.50 bits per heavy atom. The Morgan fingerprint density at radius 2 is 1.80 bits per heavy atom. The fourth-order valence-electron chi connectivity index (χ4n) is 3.41. The van der Waals surface area contributed by atoms with E-state index in [2.05, 4.69) is 17.4 Å². The molecule has 0 bridgehead atoms. The van der Waals surface area contributed by atoms with E-state index in [4.69, 9.17) is 15.5 Å². The highest BCUT2D eigenvalue weighted by atomic mass is 32.1. The summed E-state index contributed by atoms with van der Waals surface area (Å²) in [7, 11) is 0. The number of anilines is 1. The van der Waals surface area contributed by atoms with E-state index in [0.29, 0.717) is 24.1 Å². The topological polar surface area (TPSA) is 94.3 Å². The number of nitrogens with two attached hydrogens (primary N) is 1. The van der Waals surface area contributed by atoms with Crippen molar-refractivity contribution in [3.05, 3.63) is 77.0 Å². The van der Waals surface area contributed by atoms with E-state index in [-0.39, 0.29) is 12.3 Å². The molecule has 0 spiro atoms. The van der Waals surface area contributed by atoms with E-state index in [9.17, 15) is 9.59 Å². The molecular formula is C23H22N3O3S. The first-order chi connectivity index (χ1) is 14.6. The molecule has 2 heterocycles. The molecular weight excluding hydrogens is 398 g/mol. The van der Waals surface area contributed by atoms with Crippen LogP contribution in [0.2, 0.25) is 0 Å². The first kappa shape index (κ1) is 20.3. The van der Waals surface area contributed by atoms with Gasteiger partial charge in [-0.2, -0.15) is 0 Å². The highest BCUT2D eigenvalue weighted by Crippen LogP contribution is 2.34. The van der Waals surface area contributed by atoms with Crippen LogP contribution in [-0.4, -0.2) is 29.5 Å². The molecule has 0 aliphatic carbocycles. The number of primary amides is 1. The molecule has 1 saturated heterocycles. The van der Waals surface area contributed by atoms with Crippen molar-refractivity contribution in [1.29, 1.82) is 0 Å². The minimum atomic E-state index is -0.746. The molecule has 1 aromatic heterocycles. The van der Waals surface area contributed by atoms with Gasteiger partial charge in [0.1, 0.15) is 6.10 Å². The van der Waals surface area contributed by atoms with E-state index in [0.717, 1.165) is 22.6 Å². The van der Waals surface area contributed by atoms with Crippen LogP contribution in [0.15, 0.2) is 60.7 Å². The van der Waals surface area contributed by atoms with Crippen molar-refractivity contribution in [2.75, 3.05) is 11.9 Å². The summed E-state index contributed by atoms with van der Waals surface area (Å²) in [5, 5.41) is 3.45. The molecule has 1 fully saturated rings. The molecule has 3 aromatic rings. The Kier molecular flexibility index (Phi) is 6.21. The zero-order valence-corrected chi connectivity index (χ0v) is 17.2. The molecule has 2 aromatic carbocycles. The molecule has 1 aliphatic heterocycles. The minimum Gasteiger partial charge on any atom is -0.368 e. The highest BCUT2D eigenvalue weighted by molar-refractivity contribution is 7.16. The second kappa shape index (κ2) is 9.19. The Balaban J connectivity index is 1.56. The number of hydrogen-bond acceptors (Lipinski definition) is 5. The normalized spacial score (nSPS) is 16.9. The molecule has 1 radical (unpaired) electrons. The number of benzene rings is 2. The van der Waals surface area contributed by atoms with Crippen LogP contribution in [0.4, 0.5) is 5.13 Å². The Morgan fingerprint density at radius 1 is 1.10 bits per heavy atom. The third kappa shape index (κ3) is 4.75. The summed E-state index contributed by atoms with van der Waals surface area (Å²) in [6.45, 7) is 0.308. The average molecular weight is 421 g/mol. The number of carbonyl (C=O) groups excluding carboxylic acids is 2. The second-order valence-electron chi connectivity index (χ2n) is 7.09. The highest BCUT2D eigenvalue weighted by Gasteiger charge is 2.32. The largest absolute Gasteiger partial charge is 0.368 e. The summed E-state index contributed by atoms with van der Waals surface area (Å²) >= 11 is 1.47. The molecule has 2 amide bonds. The second-order valence-corrected chi connectivity index (χ2v) is 8.18. The first-order valence-electron chi connectivity index (χ1n) is 9.76. The molecule has 0 saturated carbocycles. The van der Waals surface area contributed by atoms with Gasteiger partial charge in [0.2, 0.25) is 11.8 Å². The van der Waals surface area contributed by atoms with E-state index in [1.807, 2.05) is 48.5 Å². The number of amides is 2. The standard InChI is InChI=1S/C23H22N3O3S/c24-21(27)18-14-17(11-12-29-18)22(28)26-23-25-20(16-9-5-2-6-10-16)19(30-23)13-15-7-3-1-4-8-15/h1-10,18H,11-14H2,(H2,24,27)(H,25,26,28). The maximum absolute atomic E-state index is 12.8. The number of thiazole rings is 1. The molecule has 153 valence electrons. The van der Waals surface area contributed by atoms with Gasteiger partial charge < -0.3 is 15.8 Å². The van der Waals surface area contributed by atoms with Gasteiger partial charge in [-0.15, -0.1) is 11.3 Å². The van der Waals surface area contributed by atoms with Crippen LogP contribution in [0.3, 0.4) is 0 Å². The lowest BCUT2D eigenvalue weighted by molar-refractivity contribution is -0.132. The Bertz CT molecular complexity index is 1020. The summed E-state index contributed by atoms with van der Waals surface area (Å²) in [6.07, 6.45) is 0.676. The third-order valence-corrected chi connectivity index (χ3v) is 5.94. The van der Waals surface area contributed by atoms with Crippen molar-refractivity contribution in [3.8, 4) is 11.3 Å².